The average molecular weight is 221 g/mol. The van der Waals surface area contributed by atoms with Gasteiger partial charge in [0.15, 0.2) is 0 Å². The zero-order valence-corrected chi connectivity index (χ0v) is 8.94. The van der Waals surface area contributed by atoms with Crippen molar-refractivity contribution in [2.75, 3.05) is 12.4 Å². The first-order chi connectivity index (χ1) is 7.54. The molecule has 0 atom stereocenters. The van der Waals surface area contributed by atoms with Gasteiger partial charge in [0.1, 0.15) is 0 Å². The summed E-state index contributed by atoms with van der Waals surface area (Å²) in [7, 11) is 1.25. The van der Waals surface area contributed by atoms with Crippen LogP contribution in [0.2, 0.25) is 0 Å². The van der Waals surface area contributed by atoms with Gasteiger partial charge in [-0.05, 0) is 24.3 Å². The average Bonchev–Trinajstić information content (AvgIpc) is 2.41. The Hall–Kier alpha value is -2.17. The van der Waals surface area contributed by atoms with Crippen molar-refractivity contribution in [2.45, 2.75) is 6.92 Å². The lowest BCUT2D eigenvalue weighted by Gasteiger charge is -1.95. The molecule has 5 heteroatoms. The molecule has 5 nitrogen and oxygen atoms in total. The van der Waals surface area contributed by atoms with Crippen molar-refractivity contribution >= 4 is 17.6 Å². The van der Waals surface area contributed by atoms with Gasteiger partial charge >= 0.3 is 5.97 Å². The van der Waals surface area contributed by atoms with E-state index in [-0.39, 0.29) is 22.6 Å². The van der Waals surface area contributed by atoms with E-state index < -0.39 is 5.97 Å². The minimum Gasteiger partial charge on any atom is -0.465 e. The molecule has 1 aromatic carbocycles. The Bertz CT molecular complexity index is 482. The summed E-state index contributed by atoms with van der Waals surface area (Å²) >= 11 is 0. The van der Waals surface area contributed by atoms with Crippen LogP contribution in [-0.2, 0) is 9.53 Å². The molecule has 0 unspecified atom stereocenters. The number of hydrogen-bond donors (Lipinski definition) is 1. The summed E-state index contributed by atoms with van der Waals surface area (Å²) in [5, 5.41) is 2.37. The molecule has 0 aliphatic heterocycles. The van der Waals surface area contributed by atoms with E-state index in [2.05, 4.69) is 10.1 Å². The normalized spacial score (nSPS) is 9.38. The maximum absolute atomic E-state index is 11.5. The number of hydrogen-bond acceptors (Lipinski definition) is 4. The van der Waals surface area contributed by atoms with Crippen molar-refractivity contribution in [1.82, 2.24) is 0 Å². The first kappa shape index (κ1) is 11.9. The Morgan fingerprint density at radius 3 is 2.38 bits per heavy atom. The fourth-order valence-corrected chi connectivity index (χ4v) is 1.11. The molecule has 0 spiro atoms. The smallest absolute Gasteiger partial charge is 0.337 e. The van der Waals surface area contributed by atoms with E-state index in [0.29, 0.717) is 0 Å². The molecule has 0 heterocycles. The van der Waals surface area contributed by atoms with E-state index >= 15 is 0 Å². The Labute approximate surface area is 92.0 Å². The second kappa shape index (κ2) is 5.06. The molecule has 0 saturated carbocycles. The number of ether oxygens (including phenoxy) is 1. The minimum absolute atomic E-state index is 0.127. The molecular weight excluding hydrogens is 210 g/mol. The lowest BCUT2D eigenvalue weighted by Crippen LogP contribution is -2.12. The highest BCUT2D eigenvalue weighted by Gasteiger charge is 2.05. The molecule has 0 aliphatic rings. The third kappa shape index (κ3) is 2.91. The minimum atomic E-state index is -0.538. The Kier molecular flexibility index (Phi) is 3.77. The van der Waals surface area contributed by atoms with Gasteiger partial charge in [-0.3, -0.25) is 9.59 Å². The van der Waals surface area contributed by atoms with Gasteiger partial charge in [-0.1, -0.05) is 0 Å². The lowest BCUT2D eigenvalue weighted by atomic mass is 10.3. The van der Waals surface area contributed by atoms with Crippen molar-refractivity contribution in [3.05, 3.63) is 40.1 Å². The summed E-state index contributed by atoms with van der Waals surface area (Å²) in [6.45, 7) is 1.30. The van der Waals surface area contributed by atoms with Crippen LogP contribution in [-0.4, -0.2) is 19.0 Å². The van der Waals surface area contributed by atoms with E-state index in [4.69, 9.17) is 0 Å². The zero-order chi connectivity index (χ0) is 12.1. The van der Waals surface area contributed by atoms with Crippen LogP contribution in [0.5, 0.6) is 0 Å². The molecule has 1 amide bonds. The van der Waals surface area contributed by atoms with E-state index in [9.17, 15) is 14.4 Å². The van der Waals surface area contributed by atoms with Crippen LogP contribution in [0.25, 0.3) is 0 Å². The van der Waals surface area contributed by atoms with Crippen LogP contribution in [0, 0.1) is 0 Å². The fraction of sp³-hybridized carbons (Fsp3) is 0.182. The Balaban J connectivity index is 3.18. The number of anilines is 1. The highest BCUT2D eigenvalue weighted by atomic mass is 16.5. The van der Waals surface area contributed by atoms with Crippen molar-refractivity contribution in [3.63, 3.8) is 0 Å². The third-order valence-corrected chi connectivity index (χ3v) is 1.84. The van der Waals surface area contributed by atoms with Crippen LogP contribution >= 0.6 is 0 Å². The summed E-state index contributed by atoms with van der Waals surface area (Å²) in [6, 6.07) is 5.34. The topological polar surface area (TPSA) is 72.5 Å². The summed E-state index contributed by atoms with van der Waals surface area (Å²) < 4.78 is 4.51. The van der Waals surface area contributed by atoms with Crippen molar-refractivity contribution in [3.8, 4) is 0 Å². The summed E-state index contributed by atoms with van der Waals surface area (Å²) in [4.78, 5) is 33.4. The van der Waals surface area contributed by atoms with Crippen molar-refractivity contribution in [2.24, 2.45) is 0 Å². The number of amides is 1. The van der Waals surface area contributed by atoms with Gasteiger partial charge in [0.05, 0.1) is 18.4 Å². The molecule has 0 fully saturated rings. The molecular formula is C11H11NO4. The standard InChI is InChI=1S/C11H11NO4/c1-7(13)12-9-5-3-8(11(15)16-2)4-6-10(9)14/h3-6H,1-2H3,(H,12,13,14). The monoisotopic (exact) mass is 221 g/mol. The van der Waals surface area contributed by atoms with Crippen LogP contribution in [0.1, 0.15) is 17.3 Å². The highest BCUT2D eigenvalue weighted by molar-refractivity contribution is 5.91. The third-order valence-electron chi connectivity index (χ3n) is 1.84. The van der Waals surface area contributed by atoms with E-state index in [1.165, 1.54) is 38.3 Å². The van der Waals surface area contributed by atoms with Crippen LogP contribution < -0.4 is 10.7 Å². The predicted molar refractivity (Wildman–Crippen MR) is 58.4 cm³/mol. The first-order valence-electron chi connectivity index (χ1n) is 4.55. The molecule has 0 bridgehead atoms. The number of methoxy groups -OCH3 is 1. The van der Waals surface area contributed by atoms with Crippen LogP contribution in [0.15, 0.2) is 29.1 Å². The second-order valence-electron chi connectivity index (χ2n) is 3.07. The maximum atomic E-state index is 11.5. The first-order valence-corrected chi connectivity index (χ1v) is 4.55. The quantitative estimate of drug-likeness (QED) is 0.749. The van der Waals surface area contributed by atoms with Gasteiger partial charge in [-0.2, -0.15) is 0 Å². The van der Waals surface area contributed by atoms with Gasteiger partial charge in [-0.25, -0.2) is 4.79 Å². The number of carbonyl (C=O) groups is 2. The second-order valence-corrected chi connectivity index (χ2v) is 3.07. The largest absolute Gasteiger partial charge is 0.465 e. The van der Waals surface area contributed by atoms with E-state index in [1.807, 2.05) is 0 Å². The Morgan fingerprint density at radius 1 is 1.19 bits per heavy atom. The SMILES string of the molecule is COC(=O)c1ccc(NC(C)=O)c(=O)cc1. The zero-order valence-electron chi connectivity index (χ0n) is 8.94. The molecule has 1 aromatic rings. The number of nitrogens with one attached hydrogen (secondary N) is 1. The van der Waals surface area contributed by atoms with Gasteiger partial charge in [0.2, 0.25) is 11.3 Å². The molecule has 1 N–H and O–H groups in total. The summed E-state index contributed by atoms with van der Waals surface area (Å²) in [6.07, 6.45) is 0. The lowest BCUT2D eigenvalue weighted by molar-refractivity contribution is -0.114. The molecule has 0 aliphatic carbocycles. The molecule has 0 aromatic heterocycles. The van der Waals surface area contributed by atoms with Crippen molar-refractivity contribution in [1.29, 1.82) is 0 Å². The summed E-state index contributed by atoms with van der Waals surface area (Å²) in [5.74, 6) is -0.882. The Morgan fingerprint density at radius 2 is 1.81 bits per heavy atom. The van der Waals surface area contributed by atoms with Gasteiger partial charge in [0.25, 0.3) is 0 Å². The molecule has 84 valence electrons. The molecule has 0 saturated heterocycles. The molecule has 0 radical (unpaired) electrons. The van der Waals surface area contributed by atoms with Gasteiger partial charge in [0, 0.05) is 6.92 Å². The summed E-state index contributed by atoms with van der Waals surface area (Å²) in [5.41, 5.74) is 0.00390. The number of esters is 1. The fourth-order valence-electron chi connectivity index (χ4n) is 1.11. The van der Waals surface area contributed by atoms with Gasteiger partial charge < -0.3 is 10.1 Å². The van der Waals surface area contributed by atoms with Gasteiger partial charge in [-0.15, -0.1) is 0 Å². The van der Waals surface area contributed by atoms with Crippen molar-refractivity contribution < 1.29 is 14.3 Å². The predicted octanol–water partition coefficient (Wildman–Crippen LogP) is 0.792. The number of carbonyl (C=O) groups excluding carboxylic acids is 2. The van der Waals surface area contributed by atoms with Crippen LogP contribution in [0.3, 0.4) is 0 Å². The number of rotatable bonds is 2. The molecule has 16 heavy (non-hydrogen) atoms. The van der Waals surface area contributed by atoms with Crippen LogP contribution in [0.4, 0.5) is 5.69 Å². The highest BCUT2D eigenvalue weighted by Crippen LogP contribution is 2.03. The van der Waals surface area contributed by atoms with E-state index in [1.54, 1.807) is 0 Å². The maximum Gasteiger partial charge on any atom is 0.337 e. The van der Waals surface area contributed by atoms with E-state index in [0.717, 1.165) is 0 Å². The molecule has 1 rings (SSSR count).